The summed E-state index contributed by atoms with van der Waals surface area (Å²) in [5, 5.41) is 4.26. The number of nitrogens with one attached hydrogen (secondary N) is 1. The number of rotatable bonds is 3. The van der Waals surface area contributed by atoms with Crippen molar-refractivity contribution in [3.8, 4) is 0 Å². The van der Waals surface area contributed by atoms with Gasteiger partial charge in [0.25, 0.3) is 5.91 Å². The summed E-state index contributed by atoms with van der Waals surface area (Å²) in [4.78, 5) is 36.1. The van der Waals surface area contributed by atoms with Crippen LogP contribution in [-0.4, -0.2) is 28.0 Å². The van der Waals surface area contributed by atoms with E-state index < -0.39 is 5.92 Å². The van der Waals surface area contributed by atoms with Crippen molar-refractivity contribution in [1.82, 2.24) is 9.97 Å². The maximum atomic E-state index is 11.9. The van der Waals surface area contributed by atoms with Crippen LogP contribution in [0.1, 0.15) is 24.5 Å². The highest BCUT2D eigenvalue weighted by molar-refractivity contribution is 6.00. The molecule has 1 fully saturated rings. The van der Waals surface area contributed by atoms with Gasteiger partial charge in [-0.05, 0) is 36.4 Å². The van der Waals surface area contributed by atoms with Gasteiger partial charge in [-0.2, -0.15) is 0 Å². The number of anilines is 2. The van der Waals surface area contributed by atoms with Crippen LogP contribution in [0.5, 0.6) is 0 Å². The van der Waals surface area contributed by atoms with E-state index >= 15 is 0 Å². The van der Waals surface area contributed by atoms with Gasteiger partial charge in [-0.3, -0.25) is 9.59 Å². The number of nitrogens with two attached hydrogens (primary N) is 1. The number of hydrogen-bond acceptors (Lipinski definition) is 5. The number of aromatic nitrogens is 2. The normalized spacial score (nSPS) is 19.7. The molecule has 0 radical (unpaired) electrons. The van der Waals surface area contributed by atoms with Crippen molar-refractivity contribution in [2.24, 2.45) is 10.9 Å². The Balaban J connectivity index is 1.71. The molecule has 2 aromatic rings. The Morgan fingerprint density at radius 3 is 2.88 bits per heavy atom. The predicted molar refractivity (Wildman–Crippen MR) is 90.7 cm³/mol. The quantitative estimate of drug-likeness (QED) is 0.895. The van der Waals surface area contributed by atoms with Crippen LogP contribution in [0.25, 0.3) is 10.8 Å². The summed E-state index contributed by atoms with van der Waals surface area (Å²) in [6.45, 7) is 0. The van der Waals surface area contributed by atoms with Gasteiger partial charge in [0.05, 0.1) is 5.69 Å². The van der Waals surface area contributed by atoms with Gasteiger partial charge >= 0.3 is 0 Å². The van der Waals surface area contributed by atoms with E-state index in [2.05, 4.69) is 20.3 Å². The SMILES string of the molecule is Nc1nc(C2C=CC=NC2=O)cc2cc(NC(=O)C3CC3)ncc12. The molecule has 0 bridgehead atoms. The molecule has 1 unspecified atom stereocenters. The highest BCUT2D eigenvalue weighted by Gasteiger charge is 2.30. The van der Waals surface area contributed by atoms with Crippen molar-refractivity contribution in [1.29, 1.82) is 0 Å². The molecule has 2 aliphatic rings. The number of aliphatic imine (C=N–C) groups is 1. The number of carbonyl (C=O) groups excluding carboxylic acids is 2. The molecular weight excluding hydrogens is 306 g/mol. The van der Waals surface area contributed by atoms with Gasteiger partial charge < -0.3 is 11.1 Å². The Bertz CT molecular complexity index is 915. The molecule has 2 aromatic heterocycles. The molecule has 1 atom stereocenters. The number of dihydropyridines is 1. The first-order valence-corrected chi connectivity index (χ1v) is 7.73. The monoisotopic (exact) mass is 321 g/mol. The number of nitrogen functional groups attached to an aromatic ring is 1. The van der Waals surface area contributed by atoms with E-state index in [4.69, 9.17) is 5.73 Å². The van der Waals surface area contributed by atoms with E-state index in [0.717, 1.165) is 18.2 Å². The molecule has 2 amide bonds. The summed E-state index contributed by atoms with van der Waals surface area (Å²) in [5.74, 6) is 0.0389. The van der Waals surface area contributed by atoms with Gasteiger partial charge in [-0.1, -0.05) is 6.08 Å². The van der Waals surface area contributed by atoms with Gasteiger partial charge in [0.2, 0.25) is 5.91 Å². The molecule has 0 spiro atoms. The zero-order valence-corrected chi connectivity index (χ0v) is 12.8. The second kappa shape index (κ2) is 5.52. The lowest BCUT2D eigenvalue weighted by Gasteiger charge is -2.13. The number of amides is 2. The smallest absolute Gasteiger partial charge is 0.258 e. The molecule has 7 heteroatoms. The highest BCUT2D eigenvalue weighted by Crippen LogP contribution is 2.31. The minimum absolute atomic E-state index is 0.0103. The molecule has 1 aliphatic heterocycles. The zero-order valence-electron chi connectivity index (χ0n) is 12.8. The molecule has 3 N–H and O–H groups in total. The first kappa shape index (κ1) is 14.5. The summed E-state index contributed by atoms with van der Waals surface area (Å²) in [5.41, 5.74) is 6.54. The first-order chi connectivity index (χ1) is 11.6. The van der Waals surface area contributed by atoms with Gasteiger partial charge in [-0.15, -0.1) is 0 Å². The Hall–Kier alpha value is -3.09. The zero-order chi connectivity index (χ0) is 16.7. The van der Waals surface area contributed by atoms with Crippen molar-refractivity contribution in [2.75, 3.05) is 11.1 Å². The second-order valence-corrected chi connectivity index (χ2v) is 5.97. The van der Waals surface area contributed by atoms with E-state index in [0.29, 0.717) is 22.7 Å². The fourth-order valence-corrected chi connectivity index (χ4v) is 2.66. The summed E-state index contributed by atoms with van der Waals surface area (Å²) in [6.07, 6.45) is 8.34. The fourth-order valence-electron chi connectivity index (χ4n) is 2.66. The van der Waals surface area contributed by atoms with Crippen LogP contribution in [0.4, 0.5) is 11.6 Å². The third-order valence-electron chi connectivity index (χ3n) is 4.14. The standard InChI is InChI=1S/C17H15N5O2/c18-15-12-8-20-14(22-16(23)9-3-4-9)7-10(12)6-13(21-15)11-2-1-5-19-17(11)24/h1-2,5-9,11H,3-4H2,(H2,18,21)(H,20,22,23). The molecule has 0 aromatic carbocycles. The molecule has 0 saturated heterocycles. The second-order valence-electron chi connectivity index (χ2n) is 5.97. The Morgan fingerprint density at radius 1 is 1.29 bits per heavy atom. The highest BCUT2D eigenvalue weighted by atomic mass is 16.2. The molecule has 24 heavy (non-hydrogen) atoms. The molecule has 3 heterocycles. The fraction of sp³-hybridized carbons (Fsp3) is 0.235. The molecule has 7 nitrogen and oxygen atoms in total. The summed E-state index contributed by atoms with van der Waals surface area (Å²) >= 11 is 0. The number of nitrogens with zero attached hydrogens (tertiary/aromatic N) is 3. The van der Waals surface area contributed by atoms with Crippen LogP contribution < -0.4 is 11.1 Å². The van der Waals surface area contributed by atoms with E-state index in [1.807, 2.05) is 0 Å². The third-order valence-corrected chi connectivity index (χ3v) is 4.14. The van der Waals surface area contributed by atoms with E-state index in [-0.39, 0.29) is 17.7 Å². The minimum atomic E-state index is -0.542. The first-order valence-electron chi connectivity index (χ1n) is 7.73. The number of carbonyl (C=O) groups is 2. The van der Waals surface area contributed by atoms with Crippen molar-refractivity contribution in [2.45, 2.75) is 18.8 Å². The van der Waals surface area contributed by atoms with Crippen molar-refractivity contribution >= 4 is 40.4 Å². The molecule has 1 saturated carbocycles. The van der Waals surface area contributed by atoms with Crippen molar-refractivity contribution < 1.29 is 9.59 Å². The van der Waals surface area contributed by atoms with Crippen molar-refractivity contribution in [3.05, 3.63) is 36.2 Å². The number of hydrogen-bond donors (Lipinski definition) is 2. The van der Waals surface area contributed by atoms with Gasteiger partial charge in [0, 0.05) is 23.7 Å². The van der Waals surface area contributed by atoms with Crippen LogP contribution in [0, 0.1) is 5.92 Å². The lowest BCUT2D eigenvalue weighted by Crippen LogP contribution is -2.15. The minimum Gasteiger partial charge on any atom is -0.383 e. The number of pyridine rings is 2. The molecule has 1 aliphatic carbocycles. The van der Waals surface area contributed by atoms with Crippen LogP contribution in [-0.2, 0) is 9.59 Å². The van der Waals surface area contributed by atoms with Crippen LogP contribution in [0.15, 0.2) is 35.5 Å². The lowest BCUT2D eigenvalue weighted by molar-refractivity contribution is -0.118. The van der Waals surface area contributed by atoms with Gasteiger partial charge in [0.1, 0.15) is 17.6 Å². The largest absolute Gasteiger partial charge is 0.383 e. The number of allylic oxidation sites excluding steroid dienone is 1. The average Bonchev–Trinajstić information content (AvgIpc) is 3.40. The Morgan fingerprint density at radius 2 is 2.12 bits per heavy atom. The van der Waals surface area contributed by atoms with Crippen molar-refractivity contribution in [3.63, 3.8) is 0 Å². The number of fused-ring (bicyclic) bond motifs is 1. The molecule has 4 rings (SSSR count). The Kier molecular flexibility index (Phi) is 3.34. The summed E-state index contributed by atoms with van der Waals surface area (Å²) < 4.78 is 0. The van der Waals surface area contributed by atoms with Crippen LogP contribution >= 0.6 is 0 Å². The van der Waals surface area contributed by atoms with E-state index in [9.17, 15) is 9.59 Å². The van der Waals surface area contributed by atoms with Crippen LogP contribution in [0.3, 0.4) is 0 Å². The maximum absolute atomic E-state index is 11.9. The average molecular weight is 321 g/mol. The molecule has 120 valence electrons. The summed E-state index contributed by atoms with van der Waals surface area (Å²) in [7, 11) is 0. The maximum Gasteiger partial charge on any atom is 0.258 e. The lowest BCUT2D eigenvalue weighted by atomic mass is 10.00. The van der Waals surface area contributed by atoms with Gasteiger partial charge in [0.15, 0.2) is 0 Å². The van der Waals surface area contributed by atoms with E-state index in [1.165, 1.54) is 6.21 Å². The third kappa shape index (κ3) is 2.64. The summed E-state index contributed by atoms with van der Waals surface area (Å²) in [6, 6.07) is 3.53. The molecular formula is C17H15N5O2. The predicted octanol–water partition coefficient (Wildman–Crippen LogP) is 1.81. The Labute approximate surface area is 137 Å². The van der Waals surface area contributed by atoms with Gasteiger partial charge in [-0.25, -0.2) is 15.0 Å². The van der Waals surface area contributed by atoms with Crippen LogP contribution in [0.2, 0.25) is 0 Å². The topological polar surface area (TPSA) is 110 Å². The van der Waals surface area contributed by atoms with E-state index in [1.54, 1.807) is 30.5 Å².